The van der Waals surface area contributed by atoms with E-state index < -0.39 is 0 Å². The summed E-state index contributed by atoms with van der Waals surface area (Å²) in [7, 11) is 4.04. The molecule has 0 aromatic carbocycles. The van der Waals surface area contributed by atoms with Gasteiger partial charge in [0.15, 0.2) is 0 Å². The summed E-state index contributed by atoms with van der Waals surface area (Å²) in [6, 6.07) is 1.83. The fourth-order valence-electron chi connectivity index (χ4n) is 1.76. The normalized spacial score (nSPS) is 11.5. The van der Waals surface area contributed by atoms with Crippen molar-refractivity contribution in [3.63, 3.8) is 0 Å². The fourth-order valence-corrected chi connectivity index (χ4v) is 1.76. The SMILES string of the molecule is CN(C)CCCNC(=O)c1cncc(NC(C)(C)C)c1. The standard InChI is InChI=1S/C15H26N4O/c1-15(2,3)18-13-9-12(10-16-11-13)14(20)17-7-6-8-19(4)5/h9-11,18H,6-8H2,1-5H3,(H,17,20). The van der Waals surface area contributed by atoms with Crippen molar-refractivity contribution in [2.45, 2.75) is 32.7 Å². The molecular weight excluding hydrogens is 252 g/mol. The van der Waals surface area contributed by atoms with Crippen LogP contribution in [-0.2, 0) is 0 Å². The highest BCUT2D eigenvalue weighted by molar-refractivity contribution is 5.94. The molecule has 5 heteroatoms. The Morgan fingerprint density at radius 3 is 2.60 bits per heavy atom. The monoisotopic (exact) mass is 278 g/mol. The smallest absolute Gasteiger partial charge is 0.252 e. The van der Waals surface area contributed by atoms with Crippen LogP contribution in [0.25, 0.3) is 0 Å². The number of rotatable bonds is 6. The van der Waals surface area contributed by atoms with Crippen LogP contribution in [0.4, 0.5) is 5.69 Å². The molecule has 0 bridgehead atoms. The molecular formula is C15H26N4O. The quantitative estimate of drug-likeness (QED) is 0.781. The second kappa shape index (κ2) is 7.24. The van der Waals surface area contributed by atoms with Crippen molar-refractivity contribution < 1.29 is 4.79 Å². The van der Waals surface area contributed by atoms with E-state index in [1.165, 1.54) is 0 Å². The molecule has 112 valence electrons. The van der Waals surface area contributed by atoms with E-state index >= 15 is 0 Å². The van der Waals surface area contributed by atoms with Crippen molar-refractivity contribution in [1.29, 1.82) is 0 Å². The molecule has 1 aromatic heterocycles. The molecule has 0 aliphatic carbocycles. The van der Waals surface area contributed by atoms with E-state index in [2.05, 4.69) is 41.3 Å². The lowest BCUT2D eigenvalue weighted by Gasteiger charge is -2.22. The highest BCUT2D eigenvalue weighted by Gasteiger charge is 2.11. The number of carbonyl (C=O) groups excluding carboxylic acids is 1. The Morgan fingerprint density at radius 2 is 2.00 bits per heavy atom. The van der Waals surface area contributed by atoms with Crippen LogP contribution in [-0.4, -0.2) is 48.5 Å². The van der Waals surface area contributed by atoms with Gasteiger partial charge in [-0.15, -0.1) is 0 Å². The van der Waals surface area contributed by atoms with Crippen molar-refractivity contribution in [3.05, 3.63) is 24.0 Å². The molecule has 20 heavy (non-hydrogen) atoms. The Kier molecular flexibility index (Phi) is 5.95. The fraction of sp³-hybridized carbons (Fsp3) is 0.600. The van der Waals surface area contributed by atoms with Crippen LogP contribution >= 0.6 is 0 Å². The van der Waals surface area contributed by atoms with Gasteiger partial charge in [-0.1, -0.05) is 0 Å². The minimum absolute atomic E-state index is 0.0531. The zero-order chi connectivity index (χ0) is 15.2. The third kappa shape index (κ3) is 6.52. The summed E-state index contributed by atoms with van der Waals surface area (Å²) in [5.41, 5.74) is 1.39. The van der Waals surface area contributed by atoms with E-state index in [9.17, 15) is 4.79 Å². The zero-order valence-corrected chi connectivity index (χ0v) is 13.2. The van der Waals surface area contributed by atoms with Crippen molar-refractivity contribution in [3.8, 4) is 0 Å². The van der Waals surface area contributed by atoms with Crippen molar-refractivity contribution in [2.24, 2.45) is 0 Å². The molecule has 0 aliphatic heterocycles. The first-order chi connectivity index (χ1) is 9.28. The maximum Gasteiger partial charge on any atom is 0.252 e. The highest BCUT2D eigenvalue weighted by Crippen LogP contribution is 2.14. The first kappa shape index (κ1) is 16.4. The minimum Gasteiger partial charge on any atom is -0.379 e. The second-order valence-corrected chi connectivity index (χ2v) is 6.25. The van der Waals surface area contributed by atoms with Gasteiger partial charge in [-0.05, 0) is 53.9 Å². The average Bonchev–Trinajstić information content (AvgIpc) is 2.32. The van der Waals surface area contributed by atoms with Crippen LogP contribution in [0, 0.1) is 0 Å². The lowest BCUT2D eigenvalue weighted by molar-refractivity contribution is 0.0952. The molecule has 0 aliphatic rings. The van der Waals surface area contributed by atoms with Crippen LogP contribution in [0.15, 0.2) is 18.5 Å². The minimum atomic E-state index is -0.0752. The van der Waals surface area contributed by atoms with E-state index in [0.29, 0.717) is 12.1 Å². The van der Waals surface area contributed by atoms with Crippen LogP contribution < -0.4 is 10.6 Å². The first-order valence-corrected chi connectivity index (χ1v) is 6.94. The van der Waals surface area contributed by atoms with Gasteiger partial charge in [0.2, 0.25) is 0 Å². The van der Waals surface area contributed by atoms with Crippen molar-refractivity contribution >= 4 is 11.6 Å². The first-order valence-electron chi connectivity index (χ1n) is 6.94. The zero-order valence-electron chi connectivity index (χ0n) is 13.2. The molecule has 2 N–H and O–H groups in total. The van der Waals surface area contributed by atoms with E-state index in [1.807, 2.05) is 20.2 Å². The molecule has 1 heterocycles. The summed E-state index contributed by atoms with van der Waals surface area (Å²) in [6.07, 6.45) is 4.26. The predicted octanol–water partition coefficient (Wildman–Crippen LogP) is 1.97. The number of amides is 1. The molecule has 0 spiro atoms. The molecule has 0 unspecified atom stereocenters. The molecule has 0 atom stereocenters. The van der Waals surface area contributed by atoms with Gasteiger partial charge in [-0.25, -0.2) is 0 Å². The Hall–Kier alpha value is -1.62. The summed E-state index contributed by atoms with van der Waals surface area (Å²) in [6.45, 7) is 7.85. The Labute approximate surface area is 121 Å². The summed E-state index contributed by atoms with van der Waals surface area (Å²) >= 11 is 0. The van der Waals surface area contributed by atoms with Gasteiger partial charge in [-0.3, -0.25) is 9.78 Å². The number of pyridine rings is 1. The van der Waals surface area contributed by atoms with Crippen LogP contribution in [0.5, 0.6) is 0 Å². The van der Waals surface area contributed by atoms with Crippen LogP contribution in [0.3, 0.4) is 0 Å². The second-order valence-electron chi connectivity index (χ2n) is 6.25. The molecule has 1 rings (SSSR count). The van der Waals surface area contributed by atoms with E-state index in [0.717, 1.165) is 18.7 Å². The third-order valence-corrected chi connectivity index (χ3v) is 2.59. The number of nitrogens with one attached hydrogen (secondary N) is 2. The molecule has 0 fully saturated rings. The molecule has 1 aromatic rings. The largest absolute Gasteiger partial charge is 0.379 e. The van der Waals surface area contributed by atoms with Gasteiger partial charge < -0.3 is 15.5 Å². The summed E-state index contributed by atoms with van der Waals surface area (Å²) in [4.78, 5) is 18.2. The Morgan fingerprint density at radius 1 is 1.30 bits per heavy atom. The van der Waals surface area contributed by atoms with Gasteiger partial charge in [0.25, 0.3) is 5.91 Å². The van der Waals surface area contributed by atoms with Gasteiger partial charge in [0, 0.05) is 24.5 Å². The van der Waals surface area contributed by atoms with E-state index in [4.69, 9.17) is 0 Å². The van der Waals surface area contributed by atoms with Gasteiger partial charge in [0.05, 0.1) is 11.3 Å². The summed E-state index contributed by atoms with van der Waals surface area (Å²) < 4.78 is 0. The van der Waals surface area contributed by atoms with E-state index in [1.54, 1.807) is 12.4 Å². The lowest BCUT2D eigenvalue weighted by atomic mass is 10.1. The third-order valence-electron chi connectivity index (χ3n) is 2.59. The number of hydrogen-bond donors (Lipinski definition) is 2. The van der Waals surface area contributed by atoms with Crippen molar-refractivity contribution in [2.75, 3.05) is 32.5 Å². The number of anilines is 1. The van der Waals surface area contributed by atoms with Crippen LogP contribution in [0.2, 0.25) is 0 Å². The van der Waals surface area contributed by atoms with E-state index in [-0.39, 0.29) is 11.4 Å². The predicted molar refractivity (Wildman–Crippen MR) is 83.1 cm³/mol. The highest BCUT2D eigenvalue weighted by atomic mass is 16.1. The Bertz CT molecular complexity index is 438. The Balaban J connectivity index is 2.54. The molecule has 1 amide bonds. The average molecular weight is 278 g/mol. The van der Waals surface area contributed by atoms with Gasteiger partial charge in [0.1, 0.15) is 0 Å². The molecule has 5 nitrogen and oxygen atoms in total. The summed E-state index contributed by atoms with van der Waals surface area (Å²) in [5.74, 6) is -0.0752. The van der Waals surface area contributed by atoms with Gasteiger partial charge >= 0.3 is 0 Å². The summed E-state index contributed by atoms with van der Waals surface area (Å²) in [5, 5.41) is 6.22. The maximum absolute atomic E-state index is 12.0. The number of hydrogen-bond acceptors (Lipinski definition) is 4. The van der Waals surface area contributed by atoms with Crippen molar-refractivity contribution in [1.82, 2.24) is 15.2 Å². The number of aromatic nitrogens is 1. The van der Waals surface area contributed by atoms with Gasteiger partial charge in [-0.2, -0.15) is 0 Å². The topological polar surface area (TPSA) is 57.3 Å². The number of nitrogens with zero attached hydrogens (tertiary/aromatic N) is 2. The number of carbonyl (C=O) groups is 1. The molecule has 0 radical (unpaired) electrons. The molecule has 0 saturated carbocycles. The molecule has 0 saturated heterocycles. The lowest BCUT2D eigenvalue weighted by Crippen LogP contribution is -2.28. The van der Waals surface area contributed by atoms with Crippen LogP contribution in [0.1, 0.15) is 37.6 Å². The maximum atomic E-state index is 12.0.